The summed E-state index contributed by atoms with van der Waals surface area (Å²) in [6, 6.07) is 0.474. The molecule has 0 amide bonds. The van der Waals surface area contributed by atoms with Crippen LogP contribution < -0.4 is 5.32 Å². The van der Waals surface area contributed by atoms with E-state index in [4.69, 9.17) is 9.47 Å². The molecule has 0 aromatic heterocycles. The minimum absolute atomic E-state index is 0.335. The van der Waals surface area contributed by atoms with Gasteiger partial charge >= 0.3 is 0 Å². The van der Waals surface area contributed by atoms with Crippen LogP contribution in [0.15, 0.2) is 0 Å². The Morgan fingerprint density at radius 3 is 2.63 bits per heavy atom. The van der Waals surface area contributed by atoms with Crippen molar-refractivity contribution in [3.63, 3.8) is 0 Å². The van der Waals surface area contributed by atoms with Crippen LogP contribution in [0.5, 0.6) is 0 Å². The van der Waals surface area contributed by atoms with Gasteiger partial charge in [-0.05, 0) is 31.2 Å². The highest BCUT2D eigenvalue weighted by atomic mass is 16.5. The van der Waals surface area contributed by atoms with Crippen molar-refractivity contribution in [2.75, 3.05) is 26.4 Å². The summed E-state index contributed by atoms with van der Waals surface area (Å²) < 4.78 is 11.6. The number of likely N-dealkylation sites (N-methyl/N-ethyl adjacent to an activating group) is 1. The van der Waals surface area contributed by atoms with E-state index >= 15 is 0 Å². The first-order valence-electron chi connectivity index (χ1n) is 8.04. The minimum Gasteiger partial charge on any atom is -0.379 e. The molecular formula is C16H33NO2. The number of hydrogen-bond donors (Lipinski definition) is 1. The van der Waals surface area contributed by atoms with E-state index in [1.165, 1.54) is 25.7 Å². The molecule has 2 unspecified atom stereocenters. The number of ether oxygens (including phenoxy) is 2. The average molecular weight is 271 g/mol. The molecule has 1 N–H and O–H groups in total. The molecule has 0 heterocycles. The lowest BCUT2D eigenvalue weighted by atomic mass is 9.71. The molecule has 0 aromatic carbocycles. The highest BCUT2D eigenvalue weighted by Gasteiger charge is 2.38. The Labute approximate surface area is 119 Å². The molecule has 1 saturated carbocycles. The summed E-state index contributed by atoms with van der Waals surface area (Å²) in [5, 5.41) is 3.62. The van der Waals surface area contributed by atoms with E-state index in [2.05, 4.69) is 33.0 Å². The summed E-state index contributed by atoms with van der Waals surface area (Å²) in [5.74, 6) is 0. The van der Waals surface area contributed by atoms with Crippen LogP contribution >= 0.6 is 0 Å². The van der Waals surface area contributed by atoms with Crippen molar-refractivity contribution < 1.29 is 9.47 Å². The van der Waals surface area contributed by atoms with Crippen molar-refractivity contribution in [1.29, 1.82) is 0 Å². The molecule has 0 radical (unpaired) electrons. The quantitative estimate of drug-likeness (QED) is 0.652. The topological polar surface area (TPSA) is 30.5 Å². The molecule has 0 spiro atoms. The van der Waals surface area contributed by atoms with Crippen LogP contribution in [-0.2, 0) is 9.47 Å². The smallest absolute Gasteiger partial charge is 0.0734 e. The first-order valence-corrected chi connectivity index (χ1v) is 8.04. The fourth-order valence-electron chi connectivity index (χ4n) is 3.00. The normalized spacial score (nSPS) is 26.5. The van der Waals surface area contributed by atoms with Gasteiger partial charge in [-0.1, -0.05) is 40.5 Å². The summed E-state index contributed by atoms with van der Waals surface area (Å²) in [6.45, 7) is 12.4. The molecule has 0 aliphatic heterocycles. The lowest BCUT2D eigenvalue weighted by Gasteiger charge is -2.44. The van der Waals surface area contributed by atoms with Crippen LogP contribution in [0.1, 0.15) is 59.8 Å². The fourth-order valence-corrected chi connectivity index (χ4v) is 3.00. The molecule has 1 aliphatic rings. The van der Waals surface area contributed by atoms with Gasteiger partial charge in [0.25, 0.3) is 0 Å². The third-order valence-corrected chi connectivity index (χ3v) is 4.15. The molecule has 1 fully saturated rings. The first kappa shape index (κ1) is 16.9. The maximum Gasteiger partial charge on any atom is 0.0734 e. The zero-order valence-electron chi connectivity index (χ0n) is 13.3. The van der Waals surface area contributed by atoms with Crippen LogP contribution in [0.3, 0.4) is 0 Å². The van der Waals surface area contributed by atoms with Gasteiger partial charge in [0, 0.05) is 12.6 Å². The predicted molar refractivity (Wildman–Crippen MR) is 80.6 cm³/mol. The molecule has 114 valence electrons. The van der Waals surface area contributed by atoms with Crippen molar-refractivity contribution in [3.8, 4) is 0 Å². The van der Waals surface area contributed by atoms with E-state index in [0.717, 1.165) is 32.8 Å². The van der Waals surface area contributed by atoms with Crippen LogP contribution in [-0.4, -0.2) is 38.5 Å². The highest BCUT2D eigenvalue weighted by molar-refractivity contribution is 4.94. The van der Waals surface area contributed by atoms with Crippen LogP contribution in [0, 0.1) is 5.41 Å². The predicted octanol–water partition coefficient (Wildman–Crippen LogP) is 3.38. The second kappa shape index (κ2) is 8.93. The van der Waals surface area contributed by atoms with Gasteiger partial charge in [0.2, 0.25) is 0 Å². The Morgan fingerprint density at radius 1 is 1.16 bits per heavy atom. The highest BCUT2D eigenvalue weighted by Crippen LogP contribution is 2.36. The summed E-state index contributed by atoms with van der Waals surface area (Å²) >= 11 is 0. The monoisotopic (exact) mass is 271 g/mol. The third kappa shape index (κ3) is 5.80. The Bertz CT molecular complexity index is 231. The van der Waals surface area contributed by atoms with E-state index in [0.29, 0.717) is 17.6 Å². The zero-order valence-corrected chi connectivity index (χ0v) is 13.3. The van der Waals surface area contributed by atoms with Crippen molar-refractivity contribution in [2.24, 2.45) is 5.41 Å². The maximum absolute atomic E-state index is 6.08. The third-order valence-electron chi connectivity index (χ3n) is 4.15. The molecule has 0 aromatic rings. The summed E-state index contributed by atoms with van der Waals surface area (Å²) in [6.07, 6.45) is 6.43. The van der Waals surface area contributed by atoms with Gasteiger partial charge in [-0.2, -0.15) is 0 Å². The summed E-state index contributed by atoms with van der Waals surface area (Å²) in [5.41, 5.74) is 0.335. The molecule has 2 atom stereocenters. The molecule has 0 saturated heterocycles. The van der Waals surface area contributed by atoms with Crippen LogP contribution in [0.25, 0.3) is 0 Å². The van der Waals surface area contributed by atoms with Gasteiger partial charge in [-0.25, -0.2) is 0 Å². The van der Waals surface area contributed by atoms with Crippen LogP contribution in [0.4, 0.5) is 0 Å². The van der Waals surface area contributed by atoms with Gasteiger partial charge in [-0.3, -0.25) is 0 Å². The number of unbranched alkanes of at least 4 members (excludes halogenated alkanes) is 1. The Kier molecular flexibility index (Phi) is 7.96. The standard InChI is InChI=1S/C16H33NO2/c1-5-7-11-18-12-13-19-14-9-8-10-16(3,4)15(14)17-6-2/h14-15,17H,5-13H2,1-4H3. The second-order valence-corrected chi connectivity index (χ2v) is 6.29. The van der Waals surface area contributed by atoms with Gasteiger partial charge in [0.1, 0.15) is 0 Å². The fraction of sp³-hybridized carbons (Fsp3) is 1.00. The Morgan fingerprint density at radius 2 is 1.95 bits per heavy atom. The molecule has 3 heteroatoms. The maximum atomic E-state index is 6.08. The molecule has 1 aliphatic carbocycles. The summed E-state index contributed by atoms with van der Waals surface area (Å²) in [4.78, 5) is 0. The molecule has 0 bridgehead atoms. The number of nitrogens with one attached hydrogen (secondary N) is 1. The Balaban J connectivity index is 2.29. The molecule has 1 rings (SSSR count). The van der Waals surface area contributed by atoms with Crippen molar-refractivity contribution in [2.45, 2.75) is 71.9 Å². The lowest BCUT2D eigenvalue weighted by Crippen LogP contribution is -2.53. The van der Waals surface area contributed by atoms with Gasteiger partial charge in [-0.15, -0.1) is 0 Å². The zero-order chi connectivity index (χ0) is 14.1. The SMILES string of the molecule is CCCCOCCOC1CCCC(C)(C)C1NCC. The largest absolute Gasteiger partial charge is 0.379 e. The first-order chi connectivity index (χ1) is 9.11. The van der Waals surface area contributed by atoms with Crippen molar-refractivity contribution in [1.82, 2.24) is 5.32 Å². The van der Waals surface area contributed by atoms with Gasteiger partial charge < -0.3 is 14.8 Å². The van der Waals surface area contributed by atoms with Crippen molar-refractivity contribution in [3.05, 3.63) is 0 Å². The molecule has 19 heavy (non-hydrogen) atoms. The van der Waals surface area contributed by atoms with E-state index in [-0.39, 0.29) is 0 Å². The van der Waals surface area contributed by atoms with E-state index in [1.54, 1.807) is 0 Å². The van der Waals surface area contributed by atoms with E-state index in [9.17, 15) is 0 Å². The van der Waals surface area contributed by atoms with Crippen molar-refractivity contribution >= 4 is 0 Å². The Hall–Kier alpha value is -0.120. The number of hydrogen-bond acceptors (Lipinski definition) is 3. The average Bonchev–Trinajstić information content (AvgIpc) is 2.37. The lowest BCUT2D eigenvalue weighted by molar-refractivity contribution is -0.0557. The summed E-state index contributed by atoms with van der Waals surface area (Å²) in [7, 11) is 0. The second-order valence-electron chi connectivity index (χ2n) is 6.29. The van der Waals surface area contributed by atoms with Crippen LogP contribution in [0.2, 0.25) is 0 Å². The van der Waals surface area contributed by atoms with Gasteiger partial charge in [0.05, 0.1) is 19.3 Å². The van der Waals surface area contributed by atoms with E-state index < -0.39 is 0 Å². The van der Waals surface area contributed by atoms with E-state index in [1.807, 2.05) is 0 Å². The number of rotatable bonds is 9. The molecular weight excluding hydrogens is 238 g/mol. The molecule has 3 nitrogen and oxygen atoms in total. The minimum atomic E-state index is 0.335. The van der Waals surface area contributed by atoms with Gasteiger partial charge in [0.15, 0.2) is 0 Å².